The first kappa shape index (κ1) is 14.4. The molecule has 1 aromatic rings. The molecule has 0 fully saturated rings. The van der Waals surface area contributed by atoms with Gasteiger partial charge in [0.2, 0.25) is 5.91 Å². The monoisotopic (exact) mass is 279 g/mol. The number of aromatic nitrogens is 2. The van der Waals surface area contributed by atoms with Crippen LogP contribution < -0.4 is 16.0 Å². The molecule has 7 heteroatoms. The van der Waals surface area contributed by atoms with E-state index in [1.165, 1.54) is 0 Å². The third-order valence-electron chi connectivity index (χ3n) is 3.46. The van der Waals surface area contributed by atoms with Gasteiger partial charge in [0.25, 0.3) is 5.91 Å². The van der Waals surface area contributed by atoms with Crippen LogP contribution >= 0.6 is 0 Å². The Morgan fingerprint density at radius 3 is 3.00 bits per heavy atom. The predicted molar refractivity (Wildman–Crippen MR) is 75.5 cm³/mol. The molecular formula is C13H21N5O2. The first-order valence-electron chi connectivity index (χ1n) is 6.89. The summed E-state index contributed by atoms with van der Waals surface area (Å²) in [4.78, 5) is 23.9. The number of likely N-dealkylation sites (N-methyl/N-ethyl adjacent to an activating group) is 1. The van der Waals surface area contributed by atoms with Gasteiger partial charge in [0.15, 0.2) is 0 Å². The van der Waals surface area contributed by atoms with Gasteiger partial charge in [-0.2, -0.15) is 5.10 Å². The summed E-state index contributed by atoms with van der Waals surface area (Å²) in [7, 11) is 1.56. The highest BCUT2D eigenvalue weighted by molar-refractivity contribution is 6.01. The second kappa shape index (κ2) is 5.94. The van der Waals surface area contributed by atoms with Crippen molar-refractivity contribution in [2.45, 2.75) is 32.9 Å². The van der Waals surface area contributed by atoms with Crippen LogP contribution in [0.15, 0.2) is 6.20 Å². The Kier molecular flexibility index (Phi) is 4.26. The molecule has 2 heterocycles. The number of fused-ring (bicyclic) bond motifs is 1. The molecule has 1 aliphatic rings. The molecule has 3 N–H and O–H groups in total. The lowest BCUT2D eigenvalue weighted by Crippen LogP contribution is -2.45. The number of hydrogen-bond donors (Lipinski definition) is 3. The third-order valence-corrected chi connectivity index (χ3v) is 3.46. The van der Waals surface area contributed by atoms with Gasteiger partial charge in [-0.15, -0.1) is 0 Å². The maximum Gasteiger partial charge on any atom is 0.257 e. The molecule has 0 bridgehead atoms. The lowest BCUT2D eigenvalue weighted by Gasteiger charge is -2.23. The number of carbonyl (C=O) groups is 2. The molecule has 0 radical (unpaired) electrons. The Morgan fingerprint density at radius 2 is 2.35 bits per heavy atom. The summed E-state index contributed by atoms with van der Waals surface area (Å²) in [5.41, 5.74) is 0.485. The molecule has 0 saturated heterocycles. The topological polar surface area (TPSA) is 88.1 Å². The van der Waals surface area contributed by atoms with Gasteiger partial charge >= 0.3 is 0 Å². The van der Waals surface area contributed by atoms with Crippen molar-refractivity contribution in [3.8, 4) is 0 Å². The molecule has 0 saturated carbocycles. The summed E-state index contributed by atoms with van der Waals surface area (Å²) in [6.07, 6.45) is 2.09. The molecule has 2 amide bonds. The van der Waals surface area contributed by atoms with Crippen LogP contribution in [0, 0.1) is 5.92 Å². The summed E-state index contributed by atoms with van der Waals surface area (Å²) in [5, 5.41) is 12.7. The number of rotatable bonds is 4. The highest BCUT2D eigenvalue weighted by Gasteiger charge is 2.25. The van der Waals surface area contributed by atoms with Crippen LogP contribution in [0.5, 0.6) is 0 Å². The minimum Gasteiger partial charge on any atom is -0.369 e. The summed E-state index contributed by atoms with van der Waals surface area (Å²) >= 11 is 0. The fourth-order valence-electron chi connectivity index (χ4n) is 2.27. The van der Waals surface area contributed by atoms with E-state index < -0.39 is 6.04 Å². The van der Waals surface area contributed by atoms with Crippen LogP contribution in [0.25, 0.3) is 0 Å². The first-order valence-corrected chi connectivity index (χ1v) is 6.89. The summed E-state index contributed by atoms with van der Waals surface area (Å²) < 4.78 is 1.80. The number of carbonyl (C=O) groups excluding carboxylic acids is 2. The van der Waals surface area contributed by atoms with E-state index in [4.69, 9.17) is 0 Å². The highest BCUT2D eigenvalue weighted by Crippen LogP contribution is 2.21. The second-order valence-electron chi connectivity index (χ2n) is 5.12. The fourth-order valence-corrected chi connectivity index (χ4v) is 2.27. The quantitative estimate of drug-likeness (QED) is 0.734. The van der Waals surface area contributed by atoms with Gasteiger partial charge in [0.05, 0.1) is 6.20 Å². The molecule has 7 nitrogen and oxygen atoms in total. The Balaban J connectivity index is 2.12. The Hall–Kier alpha value is -2.05. The molecule has 2 atom stereocenters. The van der Waals surface area contributed by atoms with Crippen molar-refractivity contribution in [1.82, 2.24) is 20.4 Å². The number of hydrogen-bond acceptors (Lipinski definition) is 4. The molecule has 0 aliphatic carbocycles. The summed E-state index contributed by atoms with van der Waals surface area (Å²) in [6.45, 7) is 5.59. The zero-order chi connectivity index (χ0) is 14.7. The van der Waals surface area contributed by atoms with Crippen molar-refractivity contribution in [2.24, 2.45) is 5.92 Å². The van der Waals surface area contributed by atoms with Gasteiger partial charge in [0.1, 0.15) is 17.4 Å². The minimum absolute atomic E-state index is 0.191. The van der Waals surface area contributed by atoms with E-state index in [0.29, 0.717) is 17.9 Å². The van der Waals surface area contributed by atoms with Gasteiger partial charge in [0, 0.05) is 20.1 Å². The maximum absolute atomic E-state index is 12.3. The average molecular weight is 279 g/mol. The SMILES string of the molecule is CCC(NC(=O)c1cnn2c1NCC(C)C2)C(=O)NC. The number of amides is 2. The summed E-state index contributed by atoms with van der Waals surface area (Å²) in [5.74, 6) is 0.743. The Labute approximate surface area is 118 Å². The van der Waals surface area contributed by atoms with E-state index in [1.807, 2.05) is 6.92 Å². The third kappa shape index (κ3) is 2.76. The molecule has 0 aromatic carbocycles. The van der Waals surface area contributed by atoms with Gasteiger partial charge < -0.3 is 16.0 Å². The van der Waals surface area contributed by atoms with Crippen LogP contribution in [-0.2, 0) is 11.3 Å². The van der Waals surface area contributed by atoms with Gasteiger partial charge in [-0.05, 0) is 12.3 Å². The van der Waals surface area contributed by atoms with E-state index in [9.17, 15) is 9.59 Å². The molecular weight excluding hydrogens is 258 g/mol. The standard InChI is InChI=1S/C13H21N5O2/c1-4-10(13(20)14-3)17-12(19)9-6-16-18-7-8(2)5-15-11(9)18/h6,8,10,15H,4-5,7H2,1-3H3,(H,14,20)(H,17,19). The molecule has 0 spiro atoms. The Bertz CT molecular complexity index is 511. The molecule has 2 rings (SSSR count). The van der Waals surface area contributed by atoms with Crippen LogP contribution in [0.4, 0.5) is 5.82 Å². The van der Waals surface area contributed by atoms with E-state index in [1.54, 1.807) is 17.9 Å². The minimum atomic E-state index is -0.523. The van der Waals surface area contributed by atoms with Crippen molar-refractivity contribution < 1.29 is 9.59 Å². The van der Waals surface area contributed by atoms with E-state index in [2.05, 4.69) is 28.0 Å². The van der Waals surface area contributed by atoms with Crippen molar-refractivity contribution in [3.63, 3.8) is 0 Å². The van der Waals surface area contributed by atoms with Gasteiger partial charge in [-0.1, -0.05) is 13.8 Å². The average Bonchev–Trinajstić information content (AvgIpc) is 2.86. The molecule has 110 valence electrons. The van der Waals surface area contributed by atoms with Crippen LogP contribution in [0.3, 0.4) is 0 Å². The smallest absolute Gasteiger partial charge is 0.257 e. The van der Waals surface area contributed by atoms with E-state index >= 15 is 0 Å². The van der Waals surface area contributed by atoms with E-state index in [-0.39, 0.29) is 11.8 Å². The van der Waals surface area contributed by atoms with Crippen molar-refractivity contribution in [1.29, 1.82) is 0 Å². The van der Waals surface area contributed by atoms with Gasteiger partial charge in [-0.3, -0.25) is 9.59 Å². The van der Waals surface area contributed by atoms with Gasteiger partial charge in [-0.25, -0.2) is 4.68 Å². The summed E-state index contributed by atoms with van der Waals surface area (Å²) in [6, 6.07) is -0.523. The maximum atomic E-state index is 12.3. The van der Waals surface area contributed by atoms with Crippen molar-refractivity contribution in [2.75, 3.05) is 18.9 Å². The lowest BCUT2D eigenvalue weighted by atomic mass is 10.1. The lowest BCUT2D eigenvalue weighted by molar-refractivity contribution is -0.122. The molecule has 2 unspecified atom stereocenters. The predicted octanol–water partition coefficient (Wildman–Crippen LogP) is 0.199. The largest absolute Gasteiger partial charge is 0.369 e. The molecule has 1 aliphatic heterocycles. The zero-order valence-electron chi connectivity index (χ0n) is 12.1. The number of anilines is 1. The van der Waals surface area contributed by atoms with Crippen molar-refractivity contribution in [3.05, 3.63) is 11.8 Å². The molecule has 20 heavy (non-hydrogen) atoms. The van der Waals surface area contributed by atoms with Crippen LogP contribution in [-0.4, -0.2) is 41.2 Å². The first-order chi connectivity index (χ1) is 9.56. The molecule has 1 aromatic heterocycles. The second-order valence-corrected chi connectivity index (χ2v) is 5.12. The normalized spacial score (nSPS) is 18.6. The van der Waals surface area contributed by atoms with E-state index in [0.717, 1.165) is 18.9 Å². The van der Waals surface area contributed by atoms with Crippen LogP contribution in [0.2, 0.25) is 0 Å². The van der Waals surface area contributed by atoms with Crippen molar-refractivity contribution >= 4 is 17.6 Å². The number of nitrogens with zero attached hydrogens (tertiary/aromatic N) is 2. The van der Waals surface area contributed by atoms with Crippen LogP contribution in [0.1, 0.15) is 30.6 Å². The highest BCUT2D eigenvalue weighted by atomic mass is 16.2. The number of nitrogens with one attached hydrogen (secondary N) is 3. The Morgan fingerprint density at radius 1 is 1.60 bits per heavy atom. The fraction of sp³-hybridized carbons (Fsp3) is 0.615. The zero-order valence-corrected chi connectivity index (χ0v) is 12.1.